The Labute approximate surface area is 118 Å². The minimum Gasteiger partial charge on any atom is -0.489 e. The lowest BCUT2D eigenvalue weighted by molar-refractivity contribution is 0.0504. The van der Waals surface area contributed by atoms with Gasteiger partial charge in [0.15, 0.2) is 0 Å². The lowest BCUT2D eigenvalue weighted by atomic mass is 10.0. The molecule has 1 fully saturated rings. The second-order valence-electron chi connectivity index (χ2n) is 5.28. The van der Waals surface area contributed by atoms with Crippen LogP contribution in [0.3, 0.4) is 0 Å². The minimum atomic E-state index is -0.488. The summed E-state index contributed by atoms with van der Waals surface area (Å²) in [7, 11) is 0. The molecule has 0 saturated carbocycles. The van der Waals surface area contributed by atoms with Gasteiger partial charge in [0.25, 0.3) is 0 Å². The van der Waals surface area contributed by atoms with E-state index in [0.717, 1.165) is 35.4 Å². The van der Waals surface area contributed by atoms with Crippen LogP contribution in [0.5, 0.6) is 5.75 Å². The van der Waals surface area contributed by atoms with Crippen molar-refractivity contribution < 1.29 is 14.6 Å². The number of nitrogens with zero attached hydrogens (tertiary/aromatic N) is 1. The number of benzene rings is 1. The summed E-state index contributed by atoms with van der Waals surface area (Å²) in [5, 5.41) is 11.2. The number of pyridine rings is 1. The van der Waals surface area contributed by atoms with Crippen LogP contribution in [-0.4, -0.2) is 36.0 Å². The molecule has 1 aromatic heterocycles. The first kappa shape index (κ1) is 13.3. The van der Waals surface area contributed by atoms with Crippen molar-refractivity contribution in [3.05, 3.63) is 36.0 Å². The Morgan fingerprint density at radius 1 is 1.40 bits per heavy atom. The normalized spacial score (nSPS) is 20.2. The monoisotopic (exact) mass is 273 g/mol. The molecule has 106 valence electrons. The van der Waals surface area contributed by atoms with Crippen molar-refractivity contribution in [3.8, 4) is 5.75 Å². The van der Waals surface area contributed by atoms with E-state index in [1.807, 2.05) is 37.3 Å². The molecule has 3 rings (SSSR count). The van der Waals surface area contributed by atoms with E-state index in [1.54, 1.807) is 0 Å². The molecule has 1 aromatic carbocycles. The second kappa shape index (κ2) is 5.77. The SMILES string of the molecule is Cc1ccc2cccc(OCC(O)C3CCOC3)c2n1. The molecule has 0 spiro atoms. The predicted octanol–water partition coefficient (Wildman–Crippen LogP) is 2.32. The number of aliphatic hydroxyl groups excluding tert-OH is 1. The summed E-state index contributed by atoms with van der Waals surface area (Å²) in [4.78, 5) is 4.52. The molecule has 0 bridgehead atoms. The van der Waals surface area contributed by atoms with Crippen molar-refractivity contribution in [3.63, 3.8) is 0 Å². The molecule has 2 unspecified atom stereocenters. The van der Waals surface area contributed by atoms with E-state index in [-0.39, 0.29) is 12.5 Å². The highest BCUT2D eigenvalue weighted by Gasteiger charge is 2.24. The van der Waals surface area contributed by atoms with Crippen LogP contribution in [0, 0.1) is 12.8 Å². The summed E-state index contributed by atoms with van der Waals surface area (Å²) in [5.74, 6) is 0.906. The molecule has 4 heteroatoms. The van der Waals surface area contributed by atoms with Gasteiger partial charge in [-0.15, -0.1) is 0 Å². The number of ether oxygens (including phenoxy) is 2. The maximum atomic E-state index is 10.1. The third-order valence-electron chi connectivity index (χ3n) is 3.74. The quantitative estimate of drug-likeness (QED) is 0.929. The second-order valence-corrected chi connectivity index (χ2v) is 5.28. The summed E-state index contributed by atoms with van der Waals surface area (Å²) in [6.45, 7) is 3.60. The van der Waals surface area contributed by atoms with Crippen LogP contribution in [-0.2, 0) is 4.74 Å². The number of aryl methyl sites for hydroxylation is 1. The fraction of sp³-hybridized carbons (Fsp3) is 0.438. The van der Waals surface area contributed by atoms with Crippen LogP contribution in [0.25, 0.3) is 10.9 Å². The molecule has 1 aliphatic heterocycles. The van der Waals surface area contributed by atoms with E-state index < -0.39 is 6.10 Å². The average Bonchev–Trinajstić information content (AvgIpc) is 2.99. The molecule has 2 heterocycles. The third-order valence-corrected chi connectivity index (χ3v) is 3.74. The number of hydrogen-bond donors (Lipinski definition) is 1. The van der Waals surface area contributed by atoms with E-state index in [9.17, 15) is 5.11 Å². The van der Waals surface area contributed by atoms with E-state index in [0.29, 0.717) is 6.61 Å². The molecular formula is C16H19NO3. The van der Waals surface area contributed by atoms with Crippen LogP contribution in [0.2, 0.25) is 0 Å². The summed E-state index contributed by atoms with van der Waals surface area (Å²) >= 11 is 0. The summed E-state index contributed by atoms with van der Waals surface area (Å²) in [5.41, 5.74) is 1.81. The molecule has 2 aromatic rings. The van der Waals surface area contributed by atoms with Gasteiger partial charge >= 0.3 is 0 Å². The maximum absolute atomic E-state index is 10.1. The molecule has 20 heavy (non-hydrogen) atoms. The Hall–Kier alpha value is -1.65. The Kier molecular flexibility index (Phi) is 3.85. The highest BCUT2D eigenvalue weighted by molar-refractivity contribution is 5.84. The van der Waals surface area contributed by atoms with Crippen molar-refractivity contribution in [2.45, 2.75) is 19.4 Å². The fourth-order valence-corrected chi connectivity index (χ4v) is 2.50. The Bertz CT molecular complexity index is 593. The van der Waals surface area contributed by atoms with E-state index in [1.165, 1.54) is 0 Å². The van der Waals surface area contributed by atoms with Gasteiger partial charge in [-0.1, -0.05) is 18.2 Å². The standard InChI is InChI=1S/C16H19NO3/c1-11-5-6-12-3-2-4-15(16(12)17-11)20-10-14(18)13-7-8-19-9-13/h2-6,13-14,18H,7-10H2,1H3. The summed E-state index contributed by atoms with van der Waals surface area (Å²) in [6.07, 6.45) is 0.412. The molecule has 1 N–H and O–H groups in total. The highest BCUT2D eigenvalue weighted by Crippen LogP contribution is 2.25. The molecule has 0 radical (unpaired) electrons. The van der Waals surface area contributed by atoms with Crippen molar-refractivity contribution in [2.24, 2.45) is 5.92 Å². The number of aliphatic hydroxyl groups is 1. The predicted molar refractivity (Wildman–Crippen MR) is 76.9 cm³/mol. The van der Waals surface area contributed by atoms with Gasteiger partial charge in [-0.2, -0.15) is 0 Å². The average molecular weight is 273 g/mol. The number of hydrogen-bond acceptors (Lipinski definition) is 4. The zero-order chi connectivity index (χ0) is 13.9. The topological polar surface area (TPSA) is 51.6 Å². The van der Waals surface area contributed by atoms with Crippen LogP contribution < -0.4 is 4.74 Å². The van der Waals surface area contributed by atoms with Crippen LogP contribution in [0.4, 0.5) is 0 Å². The molecule has 0 amide bonds. The number of fused-ring (bicyclic) bond motifs is 1. The molecule has 4 nitrogen and oxygen atoms in total. The van der Waals surface area contributed by atoms with Crippen LogP contribution in [0.1, 0.15) is 12.1 Å². The summed E-state index contributed by atoms with van der Waals surface area (Å²) in [6, 6.07) is 9.87. The van der Waals surface area contributed by atoms with Crippen LogP contribution in [0.15, 0.2) is 30.3 Å². The molecule has 2 atom stereocenters. The van der Waals surface area contributed by atoms with E-state index in [2.05, 4.69) is 4.98 Å². The van der Waals surface area contributed by atoms with Crippen molar-refractivity contribution in [1.29, 1.82) is 0 Å². The highest BCUT2D eigenvalue weighted by atomic mass is 16.5. The third kappa shape index (κ3) is 2.76. The van der Waals surface area contributed by atoms with Crippen LogP contribution >= 0.6 is 0 Å². The van der Waals surface area contributed by atoms with Gasteiger partial charge in [0.05, 0.1) is 12.7 Å². The Morgan fingerprint density at radius 3 is 3.10 bits per heavy atom. The fourth-order valence-electron chi connectivity index (χ4n) is 2.50. The molecular weight excluding hydrogens is 254 g/mol. The molecule has 1 aliphatic rings. The van der Waals surface area contributed by atoms with Crippen molar-refractivity contribution in [2.75, 3.05) is 19.8 Å². The van der Waals surface area contributed by atoms with Gasteiger partial charge in [0, 0.05) is 23.6 Å². The number of para-hydroxylation sites is 1. The van der Waals surface area contributed by atoms with Gasteiger partial charge in [0.2, 0.25) is 0 Å². The first-order valence-electron chi connectivity index (χ1n) is 6.99. The van der Waals surface area contributed by atoms with Gasteiger partial charge < -0.3 is 14.6 Å². The Balaban J connectivity index is 1.75. The molecule has 0 aliphatic carbocycles. The zero-order valence-electron chi connectivity index (χ0n) is 11.6. The number of aromatic nitrogens is 1. The lowest BCUT2D eigenvalue weighted by Gasteiger charge is -2.17. The van der Waals surface area contributed by atoms with Gasteiger partial charge in [-0.3, -0.25) is 0 Å². The van der Waals surface area contributed by atoms with E-state index >= 15 is 0 Å². The van der Waals surface area contributed by atoms with Crippen molar-refractivity contribution >= 4 is 10.9 Å². The van der Waals surface area contributed by atoms with Crippen molar-refractivity contribution in [1.82, 2.24) is 4.98 Å². The lowest BCUT2D eigenvalue weighted by Crippen LogP contribution is -2.27. The zero-order valence-corrected chi connectivity index (χ0v) is 11.6. The molecule has 1 saturated heterocycles. The van der Waals surface area contributed by atoms with E-state index in [4.69, 9.17) is 9.47 Å². The minimum absolute atomic E-state index is 0.180. The van der Waals surface area contributed by atoms with Gasteiger partial charge in [-0.25, -0.2) is 4.98 Å². The number of rotatable bonds is 4. The van der Waals surface area contributed by atoms with Gasteiger partial charge in [-0.05, 0) is 25.5 Å². The first-order valence-corrected chi connectivity index (χ1v) is 6.99. The maximum Gasteiger partial charge on any atom is 0.145 e. The largest absolute Gasteiger partial charge is 0.489 e. The van der Waals surface area contributed by atoms with Gasteiger partial charge in [0.1, 0.15) is 17.9 Å². The smallest absolute Gasteiger partial charge is 0.145 e. The summed E-state index contributed by atoms with van der Waals surface area (Å²) < 4.78 is 11.1. The Morgan fingerprint density at radius 2 is 2.30 bits per heavy atom. The first-order chi connectivity index (χ1) is 9.74.